The Balaban J connectivity index is 2.23. The van der Waals surface area contributed by atoms with E-state index in [2.05, 4.69) is 0 Å². The molecule has 1 unspecified atom stereocenters. The Bertz CT molecular complexity index is 423. The van der Waals surface area contributed by atoms with Gasteiger partial charge in [-0.15, -0.1) is 0 Å². The zero-order valence-corrected chi connectivity index (χ0v) is 9.12. The van der Waals surface area contributed by atoms with Crippen molar-refractivity contribution in [1.82, 2.24) is 0 Å². The molecule has 2 rings (SSSR count). The molecule has 0 aliphatic carbocycles. The van der Waals surface area contributed by atoms with Crippen molar-refractivity contribution in [3.05, 3.63) is 46.7 Å². The van der Waals surface area contributed by atoms with Gasteiger partial charge in [0.15, 0.2) is 5.78 Å². The Labute approximate surface area is 93.5 Å². The van der Waals surface area contributed by atoms with Crippen LogP contribution < -0.4 is 0 Å². The fraction of sp³-hybridized carbons (Fsp3) is 0.250. The van der Waals surface area contributed by atoms with Crippen LogP contribution in [-0.2, 0) is 9.53 Å². The molecule has 0 bridgehead atoms. The molecule has 15 heavy (non-hydrogen) atoms. The lowest BCUT2D eigenvalue weighted by atomic mass is 9.99. The van der Waals surface area contributed by atoms with Gasteiger partial charge in [0.2, 0.25) is 0 Å². The van der Waals surface area contributed by atoms with Gasteiger partial charge < -0.3 is 4.74 Å². The number of rotatable bonds is 1. The fourth-order valence-corrected chi connectivity index (χ4v) is 1.73. The summed E-state index contributed by atoms with van der Waals surface area (Å²) in [7, 11) is 0. The quantitative estimate of drug-likeness (QED) is 0.729. The number of Topliss-reactive ketones (excluding diaryl/α,β-unsaturated/α-hetero) is 1. The maximum Gasteiger partial charge on any atom is 0.165 e. The van der Waals surface area contributed by atoms with Crippen molar-refractivity contribution < 1.29 is 9.53 Å². The average molecular weight is 223 g/mol. The summed E-state index contributed by atoms with van der Waals surface area (Å²) in [6.07, 6.45) is 1.72. The molecule has 0 amide bonds. The van der Waals surface area contributed by atoms with Gasteiger partial charge in [-0.1, -0.05) is 23.7 Å². The van der Waals surface area contributed by atoms with Gasteiger partial charge in [0.25, 0.3) is 0 Å². The van der Waals surface area contributed by atoms with E-state index >= 15 is 0 Å². The highest BCUT2D eigenvalue weighted by molar-refractivity contribution is 6.30. The van der Waals surface area contributed by atoms with E-state index in [4.69, 9.17) is 16.3 Å². The summed E-state index contributed by atoms with van der Waals surface area (Å²) < 4.78 is 5.46. The van der Waals surface area contributed by atoms with Gasteiger partial charge in [0.1, 0.15) is 6.10 Å². The number of halogens is 1. The first-order chi connectivity index (χ1) is 7.16. The lowest BCUT2D eigenvalue weighted by Crippen LogP contribution is -2.14. The summed E-state index contributed by atoms with van der Waals surface area (Å²) >= 11 is 5.87. The third-order valence-electron chi connectivity index (χ3n) is 2.44. The van der Waals surface area contributed by atoms with Crippen LogP contribution in [0.4, 0.5) is 0 Å². The van der Waals surface area contributed by atoms with E-state index in [-0.39, 0.29) is 11.9 Å². The van der Waals surface area contributed by atoms with Gasteiger partial charge in [-0.05, 0) is 24.6 Å². The fourth-order valence-electron chi connectivity index (χ4n) is 1.53. The highest BCUT2D eigenvalue weighted by atomic mass is 35.5. The molecule has 1 aliphatic heterocycles. The van der Waals surface area contributed by atoms with Crippen LogP contribution in [0.1, 0.15) is 25.0 Å². The molecular formula is C12H11ClO2. The standard InChI is InChI=1S/C12H11ClO2/c1-8-7-15-12(6-11(8)14)9-3-2-4-10(13)5-9/h2-5,7,12H,6H2,1H3. The second-order valence-corrected chi connectivity index (χ2v) is 4.04. The van der Waals surface area contributed by atoms with Crippen molar-refractivity contribution in [1.29, 1.82) is 0 Å². The van der Waals surface area contributed by atoms with E-state index in [9.17, 15) is 4.79 Å². The molecule has 2 nitrogen and oxygen atoms in total. The summed E-state index contributed by atoms with van der Waals surface area (Å²) in [5.41, 5.74) is 1.62. The Morgan fingerprint density at radius 2 is 2.27 bits per heavy atom. The zero-order valence-electron chi connectivity index (χ0n) is 8.37. The largest absolute Gasteiger partial charge is 0.492 e. The summed E-state index contributed by atoms with van der Waals surface area (Å²) in [4.78, 5) is 11.5. The molecule has 1 heterocycles. The Morgan fingerprint density at radius 1 is 1.47 bits per heavy atom. The number of carbonyl (C=O) groups excluding carboxylic acids is 1. The molecule has 1 aliphatic rings. The van der Waals surface area contributed by atoms with E-state index in [1.165, 1.54) is 6.26 Å². The average Bonchev–Trinajstić information content (AvgIpc) is 2.22. The third-order valence-corrected chi connectivity index (χ3v) is 2.68. The molecule has 3 heteroatoms. The first kappa shape index (κ1) is 10.2. The summed E-state index contributed by atoms with van der Waals surface area (Å²) in [5, 5.41) is 0.662. The van der Waals surface area contributed by atoms with Crippen LogP contribution >= 0.6 is 11.6 Å². The van der Waals surface area contributed by atoms with Gasteiger partial charge in [-0.25, -0.2) is 0 Å². The van der Waals surface area contributed by atoms with E-state index in [0.29, 0.717) is 17.0 Å². The van der Waals surface area contributed by atoms with Crippen LogP contribution in [-0.4, -0.2) is 5.78 Å². The van der Waals surface area contributed by atoms with Crippen LogP contribution in [0.25, 0.3) is 0 Å². The molecule has 0 saturated heterocycles. The van der Waals surface area contributed by atoms with Crippen LogP contribution in [0.5, 0.6) is 0 Å². The number of allylic oxidation sites excluding steroid dienone is 1. The van der Waals surface area contributed by atoms with Gasteiger partial charge in [0.05, 0.1) is 12.7 Å². The molecule has 0 N–H and O–H groups in total. The summed E-state index contributed by atoms with van der Waals surface area (Å²) in [6, 6.07) is 7.40. The summed E-state index contributed by atoms with van der Waals surface area (Å²) in [5.74, 6) is 0.131. The van der Waals surface area contributed by atoms with Crippen molar-refractivity contribution in [3.63, 3.8) is 0 Å². The van der Waals surface area contributed by atoms with E-state index in [0.717, 1.165) is 5.56 Å². The molecule has 1 aromatic rings. The van der Waals surface area contributed by atoms with Crippen molar-refractivity contribution in [2.45, 2.75) is 19.4 Å². The van der Waals surface area contributed by atoms with Crippen LogP contribution in [0.3, 0.4) is 0 Å². The normalized spacial score (nSPS) is 20.8. The number of ketones is 1. The van der Waals surface area contributed by atoms with Crippen LogP contribution in [0.15, 0.2) is 36.1 Å². The number of hydrogen-bond acceptors (Lipinski definition) is 2. The summed E-state index contributed by atoms with van der Waals surface area (Å²) in [6.45, 7) is 1.76. The molecule has 0 spiro atoms. The third kappa shape index (κ3) is 2.21. The van der Waals surface area contributed by atoms with E-state index in [1.807, 2.05) is 18.2 Å². The number of benzene rings is 1. The predicted octanol–water partition coefficient (Wildman–Crippen LogP) is 3.27. The van der Waals surface area contributed by atoms with Crippen molar-refractivity contribution in [2.24, 2.45) is 0 Å². The number of ether oxygens (including phenoxy) is 1. The van der Waals surface area contributed by atoms with Crippen LogP contribution in [0.2, 0.25) is 5.02 Å². The first-order valence-corrected chi connectivity index (χ1v) is 5.15. The molecule has 0 saturated carbocycles. The molecular weight excluding hydrogens is 212 g/mol. The van der Waals surface area contributed by atoms with Gasteiger partial charge >= 0.3 is 0 Å². The second-order valence-electron chi connectivity index (χ2n) is 3.61. The molecule has 0 fully saturated rings. The predicted molar refractivity (Wildman–Crippen MR) is 58.7 cm³/mol. The van der Waals surface area contributed by atoms with Crippen LogP contribution in [0, 0.1) is 0 Å². The molecule has 0 aromatic heterocycles. The van der Waals surface area contributed by atoms with Gasteiger partial charge in [-0.3, -0.25) is 4.79 Å². The second kappa shape index (κ2) is 4.07. The maximum atomic E-state index is 11.5. The first-order valence-electron chi connectivity index (χ1n) is 4.78. The van der Waals surface area contributed by atoms with Gasteiger partial charge in [-0.2, -0.15) is 0 Å². The minimum Gasteiger partial charge on any atom is -0.492 e. The lowest BCUT2D eigenvalue weighted by molar-refractivity contribution is -0.119. The van der Waals surface area contributed by atoms with Crippen molar-refractivity contribution >= 4 is 17.4 Å². The van der Waals surface area contributed by atoms with E-state index in [1.54, 1.807) is 13.0 Å². The molecule has 1 aromatic carbocycles. The zero-order chi connectivity index (χ0) is 10.8. The Kier molecular flexibility index (Phi) is 2.78. The minimum atomic E-state index is -0.195. The number of hydrogen-bond donors (Lipinski definition) is 0. The highest BCUT2D eigenvalue weighted by Gasteiger charge is 2.22. The Hall–Kier alpha value is -1.28. The number of carbonyl (C=O) groups is 1. The minimum absolute atomic E-state index is 0.131. The maximum absolute atomic E-state index is 11.5. The molecule has 78 valence electrons. The smallest absolute Gasteiger partial charge is 0.165 e. The SMILES string of the molecule is CC1=COC(c2cccc(Cl)c2)CC1=O. The monoisotopic (exact) mass is 222 g/mol. The van der Waals surface area contributed by atoms with E-state index < -0.39 is 0 Å². The Morgan fingerprint density at radius 3 is 2.93 bits per heavy atom. The topological polar surface area (TPSA) is 26.3 Å². The lowest BCUT2D eigenvalue weighted by Gasteiger charge is -2.21. The van der Waals surface area contributed by atoms with Crippen molar-refractivity contribution in [3.8, 4) is 0 Å². The highest BCUT2D eigenvalue weighted by Crippen LogP contribution is 2.28. The molecule has 1 atom stereocenters. The molecule has 0 radical (unpaired) electrons. The van der Waals surface area contributed by atoms with Crippen molar-refractivity contribution in [2.75, 3.05) is 0 Å². The van der Waals surface area contributed by atoms with Gasteiger partial charge in [0, 0.05) is 10.6 Å².